The zero-order valence-corrected chi connectivity index (χ0v) is 32.5. The van der Waals surface area contributed by atoms with Crippen molar-refractivity contribution in [2.45, 2.75) is 45.4 Å². The van der Waals surface area contributed by atoms with Crippen LogP contribution in [0.3, 0.4) is 0 Å². The molecule has 6 nitrogen and oxygen atoms in total. The van der Waals surface area contributed by atoms with E-state index in [-0.39, 0.29) is 54.1 Å². The number of piperidine rings is 1. The number of ketones is 1. The van der Waals surface area contributed by atoms with Crippen LogP contribution in [0.25, 0.3) is 10.8 Å². The molecule has 0 atom stereocenters. The van der Waals surface area contributed by atoms with Crippen LogP contribution in [0.5, 0.6) is 11.5 Å². The first kappa shape index (κ1) is 33.6. The number of rotatable bonds is 15. The number of carbonyl (C=O) groups excluding carboxylic acids is 2. The first-order valence-corrected chi connectivity index (χ1v) is 25.2. The third-order valence-electron chi connectivity index (χ3n) is 8.16. The number of ether oxygens (including phenoxy) is 2. The number of amides is 1. The number of alkyl halides is 3. The van der Waals surface area contributed by atoms with Gasteiger partial charge in [0.05, 0.1) is 0 Å². The summed E-state index contributed by atoms with van der Waals surface area (Å²) in [6.07, 6.45) is 7.11. The van der Waals surface area contributed by atoms with E-state index in [1.165, 1.54) is 51.5 Å². The van der Waals surface area contributed by atoms with Crippen LogP contribution in [-0.4, -0.2) is 69.3 Å². The summed E-state index contributed by atoms with van der Waals surface area (Å²) in [6, 6.07) is 16.9. The van der Waals surface area contributed by atoms with Crippen LogP contribution in [0.2, 0.25) is 0 Å². The van der Waals surface area contributed by atoms with Crippen molar-refractivity contribution in [2.24, 2.45) is 0 Å². The Hall–Kier alpha value is -1.29. The summed E-state index contributed by atoms with van der Waals surface area (Å²) in [5.41, 5.74) is 1.01. The molecule has 0 saturated carbocycles. The van der Waals surface area contributed by atoms with E-state index in [1.54, 1.807) is 0 Å². The molecule has 1 amide bonds. The second-order valence-electron chi connectivity index (χ2n) is 11.5. The molecule has 3 heterocycles. The number of nitrogens with one attached hydrogen (secondary N) is 1. The number of nitrogens with zero attached hydrogens (tertiary/aromatic N) is 1. The average Bonchev–Trinajstić information content (AvgIpc) is 3.07. The molecule has 9 heteroatoms. The molecular weight excluding hydrogens is 905 g/mol. The van der Waals surface area contributed by atoms with Crippen molar-refractivity contribution >= 4 is 42.3 Å². The molecule has 3 aromatic rings. The van der Waals surface area contributed by atoms with Crippen molar-refractivity contribution in [3.63, 3.8) is 0 Å². The van der Waals surface area contributed by atoms with Gasteiger partial charge in [-0.25, -0.2) is 0 Å². The standard InChI is InChI=1S/C36H43I3N2O4/c1-2-21-44-22-16-37-14-8-15-38-30-13-12-28-33-35(30)45-32-24-27-11-5-4-10-26(27)23-31(32)39(33)25-29(34(28)42)36(43)40-17-9-20-41-18-6-3-7-19-41/h4-5,10-13,23-25H,2-3,6-9,14-22H2,1H3,(H,40,43)/q-2. The van der Waals surface area contributed by atoms with Crippen LogP contribution in [0.1, 0.15) is 55.8 Å². The Kier molecular flexibility index (Phi) is 12.5. The van der Waals surface area contributed by atoms with Crippen LogP contribution in [0.15, 0.2) is 58.2 Å². The number of likely N-dealkylation sites (tertiary alicyclic amines) is 1. The van der Waals surface area contributed by atoms with Gasteiger partial charge in [-0.2, -0.15) is 0 Å². The molecule has 1 N–H and O–H groups in total. The molecule has 3 aliphatic heterocycles. The quantitative estimate of drug-likeness (QED) is 0.106. The summed E-state index contributed by atoms with van der Waals surface area (Å²) in [6.45, 7) is 7.85. The Labute approximate surface area is 295 Å². The van der Waals surface area contributed by atoms with Crippen LogP contribution in [0.4, 0.5) is 0 Å². The van der Waals surface area contributed by atoms with E-state index < -0.39 is 19.8 Å². The van der Waals surface area contributed by atoms with Crippen molar-refractivity contribution in [3.05, 3.63) is 74.5 Å². The van der Waals surface area contributed by atoms with Gasteiger partial charge in [-0.1, -0.05) is 0 Å². The summed E-state index contributed by atoms with van der Waals surface area (Å²) < 4.78 is 21.8. The Morgan fingerprint density at radius 3 is 2.64 bits per heavy atom. The van der Waals surface area contributed by atoms with Crippen LogP contribution < -0.4 is 52.5 Å². The second-order valence-corrected chi connectivity index (χ2v) is 22.4. The van der Waals surface area contributed by atoms with Crippen molar-refractivity contribution in [1.29, 1.82) is 0 Å². The maximum absolute atomic E-state index is 13.9. The van der Waals surface area contributed by atoms with Gasteiger partial charge in [0.25, 0.3) is 0 Å². The van der Waals surface area contributed by atoms with E-state index in [1.807, 2.05) is 6.07 Å². The van der Waals surface area contributed by atoms with E-state index in [9.17, 15) is 9.59 Å². The SMILES string of the molecule is CCCOCC[I-]CCC[I-]c1ccc2c3c1Oc1cc4ccccc4cc1I3C=C(C(=O)NCCCN1CCCCC1)C2=O. The van der Waals surface area contributed by atoms with Gasteiger partial charge in [0.15, 0.2) is 0 Å². The van der Waals surface area contributed by atoms with E-state index in [2.05, 4.69) is 63.7 Å². The fraction of sp³-hybridized carbons (Fsp3) is 0.444. The van der Waals surface area contributed by atoms with Crippen molar-refractivity contribution in [1.82, 2.24) is 10.2 Å². The summed E-state index contributed by atoms with van der Waals surface area (Å²) in [7, 11) is 0. The molecule has 0 unspecified atom stereocenters. The predicted molar refractivity (Wildman–Crippen MR) is 181 cm³/mol. The van der Waals surface area contributed by atoms with Gasteiger partial charge in [0.1, 0.15) is 0 Å². The van der Waals surface area contributed by atoms with Crippen molar-refractivity contribution in [3.8, 4) is 11.5 Å². The molecule has 3 aliphatic rings. The number of Topliss-reactive ketones (excluding diaryl/α,β-unsaturated/α-hetero) is 1. The van der Waals surface area contributed by atoms with E-state index in [4.69, 9.17) is 9.47 Å². The molecule has 6 rings (SSSR count). The van der Waals surface area contributed by atoms with Crippen molar-refractivity contribution < 1.29 is 61.5 Å². The van der Waals surface area contributed by atoms with Gasteiger partial charge in [0.2, 0.25) is 0 Å². The molecule has 1 saturated heterocycles. The Morgan fingerprint density at radius 1 is 1.00 bits per heavy atom. The Bertz CT molecular complexity index is 1550. The predicted octanol–water partition coefficient (Wildman–Crippen LogP) is 0.728. The van der Waals surface area contributed by atoms with Crippen molar-refractivity contribution in [2.75, 3.05) is 52.7 Å². The maximum atomic E-state index is 13.9. The fourth-order valence-electron chi connectivity index (χ4n) is 5.87. The molecule has 3 aromatic carbocycles. The van der Waals surface area contributed by atoms with Crippen LogP contribution in [0, 0.1) is 10.7 Å². The van der Waals surface area contributed by atoms with Gasteiger partial charge in [-0.15, -0.1) is 0 Å². The Balaban J connectivity index is 1.20. The Morgan fingerprint density at radius 2 is 1.82 bits per heavy atom. The monoisotopic (exact) mass is 948 g/mol. The first-order valence-electron chi connectivity index (χ1n) is 16.2. The molecule has 0 bridgehead atoms. The second kappa shape index (κ2) is 16.7. The number of halogens is 3. The molecule has 0 spiro atoms. The summed E-state index contributed by atoms with van der Waals surface area (Å²) >= 11 is -2.32. The summed E-state index contributed by atoms with van der Waals surface area (Å²) in [4.78, 5) is 29.9. The molecule has 45 heavy (non-hydrogen) atoms. The van der Waals surface area contributed by atoms with Crippen LogP contribution >= 0.6 is 19.8 Å². The zero-order valence-electron chi connectivity index (χ0n) is 26.0. The average molecular weight is 948 g/mol. The number of hydrogen-bond acceptors (Lipinski definition) is 5. The molecule has 1 fully saturated rings. The summed E-state index contributed by atoms with van der Waals surface area (Å²) in [5.74, 6) is 1.46. The third-order valence-corrected chi connectivity index (χ3v) is 19.4. The van der Waals surface area contributed by atoms with Gasteiger partial charge in [-0.3, -0.25) is 0 Å². The number of carbonyl (C=O) groups is 2. The topological polar surface area (TPSA) is 67.9 Å². The molecule has 0 aromatic heterocycles. The minimum atomic E-state index is -2.28. The first-order chi connectivity index (χ1) is 22.1. The summed E-state index contributed by atoms with van der Waals surface area (Å²) in [5, 5.41) is 5.41. The van der Waals surface area contributed by atoms with Gasteiger partial charge in [0, 0.05) is 0 Å². The minimum absolute atomic E-state index is 0.152. The van der Waals surface area contributed by atoms with Gasteiger partial charge < -0.3 is 0 Å². The molecule has 0 radical (unpaired) electrons. The van der Waals surface area contributed by atoms with E-state index in [0.717, 1.165) is 66.1 Å². The van der Waals surface area contributed by atoms with Gasteiger partial charge >= 0.3 is 298 Å². The van der Waals surface area contributed by atoms with Crippen LogP contribution in [-0.2, 0) is 9.53 Å². The van der Waals surface area contributed by atoms with E-state index in [0.29, 0.717) is 17.7 Å². The normalized spacial score (nSPS) is 16.8. The number of benzene rings is 3. The number of hydrogen-bond donors (Lipinski definition) is 1. The molecule has 244 valence electrons. The zero-order chi connectivity index (χ0) is 31.0. The fourth-order valence-corrected chi connectivity index (χ4v) is 18.3. The number of fused-ring (bicyclic) bond motifs is 3. The molecule has 0 aliphatic carbocycles. The third kappa shape index (κ3) is 8.24. The van der Waals surface area contributed by atoms with Gasteiger partial charge in [-0.05, 0) is 0 Å². The molecular formula is C36H43I3N2O4-2. The van der Waals surface area contributed by atoms with E-state index >= 15 is 0 Å².